The maximum Gasteiger partial charge on any atom is 0.232 e. The molecule has 0 aliphatic heterocycles. The molecule has 6 heteroatoms. The summed E-state index contributed by atoms with van der Waals surface area (Å²) in [6, 6.07) is 21.2. The summed E-state index contributed by atoms with van der Waals surface area (Å²) in [6.07, 6.45) is 3.16. The van der Waals surface area contributed by atoms with Gasteiger partial charge >= 0.3 is 0 Å². The molecule has 0 saturated carbocycles. The Morgan fingerprint density at radius 1 is 0.943 bits per heavy atom. The number of benzene rings is 3. The molecule has 5 nitrogen and oxygen atoms in total. The van der Waals surface area contributed by atoms with Gasteiger partial charge in [-0.3, -0.25) is 9.10 Å². The van der Waals surface area contributed by atoms with Crippen molar-refractivity contribution in [3.8, 4) is 22.5 Å². The summed E-state index contributed by atoms with van der Waals surface area (Å²) < 4.78 is 33.5. The van der Waals surface area contributed by atoms with E-state index in [1.165, 1.54) is 10.6 Å². The van der Waals surface area contributed by atoms with Crippen molar-refractivity contribution in [3.63, 3.8) is 0 Å². The first-order chi connectivity index (χ1) is 16.7. The second kappa shape index (κ2) is 10.1. The van der Waals surface area contributed by atoms with Crippen LogP contribution < -0.4 is 4.31 Å². The average Bonchev–Trinajstić information content (AvgIpc) is 3.22. The van der Waals surface area contributed by atoms with Crippen LogP contribution in [0.15, 0.2) is 71.1 Å². The largest absolute Gasteiger partial charge is 0.455 e. The van der Waals surface area contributed by atoms with Crippen LogP contribution in [0.1, 0.15) is 49.0 Å². The molecule has 0 atom stereocenters. The molecule has 0 saturated heterocycles. The lowest BCUT2D eigenvalue weighted by molar-refractivity contribution is 0.0989. The third kappa shape index (κ3) is 5.03. The molecule has 0 radical (unpaired) electrons. The number of carbonyl (C=O) groups excluding carboxylic acids is 1. The van der Waals surface area contributed by atoms with Gasteiger partial charge in [0.05, 0.1) is 17.5 Å². The van der Waals surface area contributed by atoms with Crippen LogP contribution in [-0.2, 0) is 10.0 Å². The standard InChI is InChI=1S/C29H31NO4S/c1-5-7-17-30(35(4,32)33)25-19-27-24(18-23(25)21-11-9-8-10-12-21)28(26(31)6-2)29(34-27)22-15-13-20(3)14-16-22/h8-16,18-19H,5-7,17H2,1-4H3. The first-order valence-corrected chi connectivity index (χ1v) is 13.8. The molecule has 0 bridgehead atoms. The number of Topliss-reactive ketones (excluding diaryl/α,β-unsaturated/α-hetero) is 1. The van der Waals surface area contributed by atoms with Crippen LogP contribution in [0.25, 0.3) is 33.4 Å². The first-order valence-electron chi connectivity index (χ1n) is 12.0. The number of nitrogens with zero attached hydrogens (tertiary/aromatic N) is 1. The number of furan rings is 1. The summed E-state index contributed by atoms with van der Waals surface area (Å²) in [5.74, 6) is 0.500. The van der Waals surface area contributed by atoms with Crippen molar-refractivity contribution in [1.29, 1.82) is 0 Å². The number of fused-ring (bicyclic) bond motifs is 1. The van der Waals surface area contributed by atoms with E-state index in [0.29, 0.717) is 40.9 Å². The third-order valence-electron chi connectivity index (χ3n) is 6.19. The Kier molecular flexibility index (Phi) is 7.13. The monoisotopic (exact) mass is 489 g/mol. The van der Waals surface area contributed by atoms with Crippen LogP contribution in [0.4, 0.5) is 5.69 Å². The van der Waals surface area contributed by atoms with Crippen LogP contribution in [-0.4, -0.2) is 27.0 Å². The van der Waals surface area contributed by atoms with Crippen molar-refractivity contribution in [3.05, 3.63) is 77.9 Å². The first kappa shape index (κ1) is 24.7. The van der Waals surface area contributed by atoms with Gasteiger partial charge in [0, 0.05) is 35.5 Å². The quantitative estimate of drug-likeness (QED) is 0.233. The van der Waals surface area contributed by atoms with Crippen molar-refractivity contribution in [2.75, 3.05) is 17.1 Å². The van der Waals surface area contributed by atoms with E-state index in [2.05, 4.69) is 0 Å². The molecular formula is C29H31NO4S. The lowest BCUT2D eigenvalue weighted by Gasteiger charge is -2.25. The minimum absolute atomic E-state index is 0.0166. The second-order valence-corrected chi connectivity index (χ2v) is 10.8. The molecule has 1 heterocycles. The van der Waals surface area contributed by atoms with Gasteiger partial charge in [0.15, 0.2) is 5.78 Å². The highest BCUT2D eigenvalue weighted by molar-refractivity contribution is 7.92. The van der Waals surface area contributed by atoms with Crippen molar-refractivity contribution in [2.45, 2.75) is 40.0 Å². The number of sulfonamides is 1. The van der Waals surface area contributed by atoms with E-state index in [9.17, 15) is 13.2 Å². The molecule has 0 aliphatic rings. The zero-order valence-corrected chi connectivity index (χ0v) is 21.5. The Morgan fingerprint density at radius 2 is 1.63 bits per heavy atom. The van der Waals surface area contributed by atoms with E-state index in [-0.39, 0.29) is 5.78 Å². The summed E-state index contributed by atoms with van der Waals surface area (Å²) in [4.78, 5) is 13.2. The summed E-state index contributed by atoms with van der Waals surface area (Å²) in [5.41, 5.74) is 5.15. The predicted molar refractivity (Wildman–Crippen MR) is 144 cm³/mol. The summed E-state index contributed by atoms with van der Waals surface area (Å²) >= 11 is 0. The van der Waals surface area contributed by atoms with Gasteiger partial charge < -0.3 is 4.42 Å². The van der Waals surface area contributed by atoms with Crippen molar-refractivity contribution >= 4 is 32.5 Å². The van der Waals surface area contributed by atoms with E-state index >= 15 is 0 Å². The highest BCUT2D eigenvalue weighted by Crippen LogP contribution is 2.42. The Labute approximate surface area is 207 Å². The lowest BCUT2D eigenvalue weighted by atomic mass is 9.96. The maximum absolute atomic E-state index is 13.2. The van der Waals surface area contributed by atoms with Gasteiger partial charge in [0.2, 0.25) is 10.0 Å². The molecule has 4 aromatic rings. The average molecular weight is 490 g/mol. The number of carbonyl (C=O) groups is 1. The lowest BCUT2D eigenvalue weighted by Crippen LogP contribution is -2.31. The van der Waals surface area contributed by atoms with Crippen LogP contribution in [0.2, 0.25) is 0 Å². The number of hydrogen-bond acceptors (Lipinski definition) is 4. The molecule has 0 spiro atoms. The summed E-state index contributed by atoms with van der Waals surface area (Å²) in [6.45, 7) is 6.25. The molecule has 35 heavy (non-hydrogen) atoms. The van der Waals surface area contributed by atoms with E-state index in [4.69, 9.17) is 4.42 Å². The molecule has 182 valence electrons. The van der Waals surface area contributed by atoms with Gasteiger partial charge in [0.25, 0.3) is 0 Å². The fraction of sp³-hybridized carbons (Fsp3) is 0.276. The molecule has 4 rings (SSSR count). The van der Waals surface area contributed by atoms with Crippen molar-refractivity contribution in [1.82, 2.24) is 0 Å². The van der Waals surface area contributed by atoms with E-state index < -0.39 is 10.0 Å². The molecule has 0 aliphatic carbocycles. The number of anilines is 1. The maximum atomic E-state index is 13.2. The van der Waals surface area contributed by atoms with Crippen molar-refractivity contribution in [2.24, 2.45) is 0 Å². The van der Waals surface area contributed by atoms with Gasteiger partial charge in [-0.2, -0.15) is 0 Å². The van der Waals surface area contributed by atoms with E-state index in [1.807, 2.05) is 81.4 Å². The molecular weight excluding hydrogens is 458 g/mol. The predicted octanol–water partition coefficient (Wildman–Crippen LogP) is 7.23. The van der Waals surface area contributed by atoms with Gasteiger partial charge in [-0.05, 0) is 25.0 Å². The second-order valence-electron chi connectivity index (χ2n) is 8.87. The number of aryl methyl sites for hydroxylation is 1. The highest BCUT2D eigenvalue weighted by atomic mass is 32.2. The smallest absolute Gasteiger partial charge is 0.232 e. The SMILES string of the molecule is CCCCN(c1cc2oc(-c3ccc(C)cc3)c(C(=O)CC)c2cc1-c1ccccc1)S(C)(=O)=O. The zero-order valence-electron chi connectivity index (χ0n) is 20.7. The molecule has 3 aromatic carbocycles. The Morgan fingerprint density at radius 3 is 2.23 bits per heavy atom. The number of unbranched alkanes of at least 4 members (excludes halogenated alkanes) is 1. The number of rotatable bonds is 9. The zero-order chi connectivity index (χ0) is 25.2. The molecule has 0 unspecified atom stereocenters. The number of ketones is 1. The minimum atomic E-state index is -3.55. The minimum Gasteiger partial charge on any atom is -0.455 e. The fourth-order valence-corrected chi connectivity index (χ4v) is 5.29. The van der Waals surface area contributed by atoms with Crippen molar-refractivity contribution < 1.29 is 17.6 Å². The van der Waals surface area contributed by atoms with Crippen LogP contribution in [0.3, 0.4) is 0 Å². The van der Waals surface area contributed by atoms with Gasteiger partial charge in [-0.15, -0.1) is 0 Å². The van der Waals surface area contributed by atoms with E-state index in [1.54, 1.807) is 6.07 Å². The van der Waals surface area contributed by atoms with Gasteiger partial charge in [0.1, 0.15) is 11.3 Å². The summed E-state index contributed by atoms with van der Waals surface area (Å²) in [5, 5.41) is 0.693. The van der Waals surface area contributed by atoms with E-state index in [0.717, 1.165) is 35.1 Å². The third-order valence-corrected chi connectivity index (χ3v) is 7.37. The van der Waals surface area contributed by atoms with Gasteiger partial charge in [-0.25, -0.2) is 8.42 Å². The van der Waals surface area contributed by atoms with Crippen LogP contribution in [0, 0.1) is 6.92 Å². The topological polar surface area (TPSA) is 67.6 Å². The van der Waals surface area contributed by atoms with Crippen LogP contribution in [0.5, 0.6) is 0 Å². The number of hydrogen-bond donors (Lipinski definition) is 0. The fourth-order valence-electron chi connectivity index (χ4n) is 4.32. The molecule has 0 amide bonds. The molecule has 1 aromatic heterocycles. The van der Waals surface area contributed by atoms with Gasteiger partial charge in [-0.1, -0.05) is 80.4 Å². The Hall–Kier alpha value is -3.38. The molecule has 0 fully saturated rings. The van der Waals surface area contributed by atoms with Crippen LogP contribution >= 0.6 is 0 Å². The summed E-state index contributed by atoms with van der Waals surface area (Å²) in [7, 11) is -3.55. The molecule has 0 N–H and O–H groups in total. The highest BCUT2D eigenvalue weighted by Gasteiger charge is 2.26. The normalized spacial score (nSPS) is 11.7. The Balaban J connectivity index is 2.06. The Bertz CT molecular complexity index is 1450.